The van der Waals surface area contributed by atoms with Crippen LogP contribution in [0.4, 0.5) is 11.6 Å². The molecule has 2 fully saturated rings. The van der Waals surface area contributed by atoms with Crippen LogP contribution < -0.4 is 10.6 Å². The first-order chi connectivity index (χ1) is 17.7. The summed E-state index contributed by atoms with van der Waals surface area (Å²) in [5.74, 6) is 2.72. The molecule has 2 saturated heterocycles. The average Bonchev–Trinajstić information content (AvgIpc) is 3.22. The molecule has 2 atom stereocenters. The van der Waals surface area contributed by atoms with Gasteiger partial charge >= 0.3 is 0 Å². The van der Waals surface area contributed by atoms with Crippen molar-refractivity contribution in [3.05, 3.63) is 89.6 Å². The first-order valence-electron chi connectivity index (χ1n) is 12.6. The zero-order chi connectivity index (χ0) is 24.3. The molecule has 0 saturated carbocycles. The number of nitrogens with one attached hydrogen (secondary N) is 2. The van der Waals surface area contributed by atoms with Crippen molar-refractivity contribution < 1.29 is 0 Å². The number of anilines is 2. The molecule has 6 rings (SSSR count). The quantitative estimate of drug-likeness (QED) is 0.413. The van der Waals surface area contributed by atoms with Gasteiger partial charge in [-0.2, -0.15) is 0 Å². The van der Waals surface area contributed by atoms with E-state index < -0.39 is 0 Å². The molecule has 5 heterocycles. The molecule has 3 aromatic heterocycles. The Balaban J connectivity index is 1.13. The van der Waals surface area contributed by atoms with Gasteiger partial charge in [-0.05, 0) is 55.2 Å². The molecule has 2 aliphatic rings. The standard InChI is InChI=1S/C28H30N8/c1-19-4-2-7-24(31-19)28-30-13-11-26(35-28)33-25-10-12-29-27(34-25)15-20-5-3-6-21(14-20)16-36-17-22-8-9-23(18-36)32-22/h2-7,10-14,22-23,32H,8-9,15-18H2,1H3,(H,29,30,33,34,35). The van der Waals surface area contributed by atoms with Gasteiger partial charge in [0.05, 0.1) is 0 Å². The lowest BCUT2D eigenvalue weighted by atomic mass is 10.1. The predicted molar refractivity (Wildman–Crippen MR) is 140 cm³/mol. The molecule has 36 heavy (non-hydrogen) atoms. The smallest absolute Gasteiger partial charge is 0.180 e. The highest BCUT2D eigenvalue weighted by Crippen LogP contribution is 2.22. The summed E-state index contributed by atoms with van der Waals surface area (Å²) in [6, 6.07) is 19.6. The summed E-state index contributed by atoms with van der Waals surface area (Å²) in [5, 5.41) is 7.00. The molecule has 2 aliphatic heterocycles. The highest BCUT2D eigenvalue weighted by atomic mass is 15.2. The van der Waals surface area contributed by atoms with Gasteiger partial charge in [-0.1, -0.05) is 30.3 Å². The Morgan fingerprint density at radius 1 is 0.861 bits per heavy atom. The Hall–Kier alpha value is -3.75. The van der Waals surface area contributed by atoms with Crippen molar-refractivity contribution in [3.63, 3.8) is 0 Å². The van der Waals surface area contributed by atoms with Gasteiger partial charge in [-0.15, -0.1) is 0 Å². The monoisotopic (exact) mass is 478 g/mol. The number of benzene rings is 1. The van der Waals surface area contributed by atoms with Crippen molar-refractivity contribution in [2.75, 3.05) is 18.4 Å². The maximum atomic E-state index is 4.74. The van der Waals surface area contributed by atoms with E-state index in [1.54, 1.807) is 12.4 Å². The van der Waals surface area contributed by atoms with Crippen LogP contribution in [0.2, 0.25) is 0 Å². The number of rotatable bonds is 7. The van der Waals surface area contributed by atoms with E-state index >= 15 is 0 Å². The Kier molecular flexibility index (Phi) is 6.36. The zero-order valence-electron chi connectivity index (χ0n) is 20.4. The summed E-state index contributed by atoms with van der Waals surface area (Å²) in [5.41, 5.74) is 4.24. The zero-order valence-corrected chi connectivity index (χ0v) is 20.4. The molecule has 8 nitrogen and oxygen atoms in total. The minimum Gasteiger partial charge on any atom is -0.325 e. The third-order valence-corrected chi connectivity index (χ3v) is 6.79. The highest BCUT2D eigenvalue weighted by molar-refractivity contribution is 5.56. The Morgan fingerprint density at radius 3 is 2.44 bits per heavy atom. The summed E-state index contributed by atoms with van der Waals surface area (Å²) in [4.78, 5) is 25.4. The first-order valence-corrected chi connectivity index (χ1v) is 12.6. The third kappa shape index (κ3) is 5.40. The molecular formula is C28H30N8. The fourth-order valence-electron chi connectivity index (χ4n) is 5.20. The molecule has 0 radical (unpaired) electrons. The minimum absolute atomic E-state index is 0.576. The molecule has 2 unspecified atom stereocenters. The van der Waals surface area contributed by atoms with Crippen molar-refractivity contribution in [3.8, 4) is 11.5 Å². The van der Waals surface area contributed by atoms with Crippen LogP contribution >= 0.6 is 0 Å². The second kappa shape index (κ2) is 10.1. The number of fused-ring (bicyclic) bond motifs is 2. The third-order valence-electron chi connectivity index (χ3n) is 6.79. The van der Waals surface area contributed by atoms with Crippen LogP contribution in [0.3, 0.4) is 0 Å². The van der Waals surface area contributed by atoms with E-state index in [1.807, 2.05) is 37.3 Å². The van der Waals surface area contributed by atoms with Gasteiger partial charge in [-0.25, -0.2) is 24.9 Å². The maximum Gasteiger partial charge on any atom is 0.180 e. The highest BCUT2D eigenvalue weighted by Gasteiger charge is 2.31. The molecule has 0 amide bonds. The summed E-state index contributed by atoms with van der Waals surface area (Å²) in [7, 11) is 0. The molecule has 2 bridgehead atoms. The number of hydrogen-bond donors (Lipinski definition) is 2. The van der Waals surface area contributed by atoms with E-state index in [-0.39, 0.29) is 0 Å². The van der Waals surface area contributed by atoms with Gasteiger partial charge in [0.15, 0.2) is 5.82 Å². The summed E-state index contributed by atoms with van der Waals surface area (Å²) in [6.07, 6.45) is 6.81. The molecule has 2 N–H and O–H groups in total. The fraction of sp³-hybridized carbons (Fsp3) is 0.321. The molecule has 0 aliphatic carbocycles. The van der Waals surface area contributed by atoms with Crippen molar-refractivity contribution in [1.82, 2.24) is 35.1 Å². The average molecular weight is 479 g/mol. The van der Waals surface area contributed by atoms with E-state index in [1.165, 1.54) is 24.0 Å². The predicted octanol–water partition coefficient (Wildman–Crippen LogP) is 3.91. The van der Waals surface area contributed by atoms with Crippen LogP contribution in [-0.2, 0) is 13.0 Å². The minimum atomic E-state index is 0.576. The number of likely N-dealkylation sites (tertiary alicyclic amines) is 1. The summed E-state index contributed by atoms with van der Waals surface area (Å²) in [6.45, 7) is 5.24. The Bertz CT molecular complexity index is 1340. The lowest BCUT2D eigenvalue weighted by Gasteiger charge is -2.32. The molecule has 0 spiro atoms. The van der Waals surface area contributed by atoms with Crippen LogP contribution in [0.25, 0.3) is 11.5 Å². The Morgan fingerprint density at radius 2 is 1.61 bits per heavy atom. The summed E-state index contributed by atoms with van der Waals surface area (Å²) >= 11 is 0. The van der Waals surface area contributed by atoms with Gasteiger partial charge < -0.3 is 10.6 Å². The number of nitrogens with zero attached hydrogens (tertiary/aromatic N) is 6. The van der Waals surface area contributed by atoms with Crippen LogP contribution in [0.1, 0.15) is 35.5 Å². The van der Waals surface area contributed by atoms with Gasteiger partial charge in [0.1, 0.15) is 23.2 Å². The van der Waals surface area contributed by atoms with Crippen LogP contribution in [-0.4, -0.2) is 55.0 Å². The molecule has 8 heteroatoms. The number of piperazine rings is 1. The van der Waals surface area contributed by atoms with Crippen LogP contribution in [0, 0.1) is 6.92 Å². The van der Waals surface area contributed by atoms with Crippen molar-refractivity contribution in [2.24, 2.45) is 0 Å². The van der Waals surface area contributed by atoms with Crippen LogP contribution in [0.15, 0.2) is 67.0 Å². The first kappa shape index (κ1) is 22.7. The van der Waals surface area contributed by atoms with Crippen molar-refractivity contribution >= 4 is 11.6 Å². The number of pyridine rings is 1. The molecule has 182 valence electrons. The molecule has 1 aromatic carbocycles. The lowest BCUT2D eigenvalue weighted by Crippen LogP contribution is -2.50. The van der Waals surface area contributed by atoms with E-state index in [9.17, 15) is 0 Å². The molecular weight excluding hydrogens is 448 g/mol. The second-order valence-corrected chi connectivity index (χ2v) is 9.74. The van der Waals surface area contributed by atoms with E-state index in [0.717, 1.165) is 36.8 Å². The topological polar surface area (TPSA) is 91.8 Å². The van der Waals surface area contributed by atoms with Gasteiger partial charge in [0.2, 0.25) is 0 Å². The van der Waals surface area contributed by atoms with Gasteiger partial charge in [0.25, 0.3) is 0 Å². The number of aromatic nitrogens is 5. The number of hydrogen-bond acceptors (Lipinski definition) is 8. The van der Waals surface area contributed by atoms with E-state index in [0.29, 0.717) is 36.0 Å². The normalized spacial score (nSPS) is 19.4. The number of aryl methyl sites for hydroxylation is 1. The fourth-order valence-corrected chi connectivity index (χ4v) is 5.20. The molecule has 4 aromatic rings. The van der Waals surface area contributed by atoms with Crippen LogP contribution in [0.5, 0.6) is 0 Å². The summed E-state index contributed by atoms with van der Waals surface area (Å²) < 4.78 is 0. The lowest BCUT2D eigenvalue weighted by molar-refractivity contribution is 0.189. The maximum absolute atomic E-state index is 4.74. The van der Waals surface area contributed by atoms with E-state index in [2.05, 4.69) is 59.7 Å². The van der Waals surface area contributed by atoms with Crippen molar-refractivity contribution in [2.45, 2.75) is 44.8 Å². The van der Waals surface area contributed by atoms with Gasteiger partial charge in [0, 0.05) is 56.2 Å². The largest absolute Gasteiger partial charge is 0.325 e. The van der Waals surface area contributed by atoms with Gasteiger partial charge in [-0.3, -0.25) is 4.90 Å². The Labute approximate surface area is 211 Å². The van der Waals surface area contributed by atoms with Crippen molar-refractivity contribution in [1.29, 1.82) is 0 Å². The van der Waals surface area contributed by atoms with E-state index in [4.69, 9.17) is 4.98 Å². The SMILES string of the molecule is Cc1cccc(-c2nccc(Nc3ccnc(Cc4cccc(CN5CC6CCC(C5)N6)c4)n3)n2)n1. The second-order valence-electron chi connectivity index (χ2n) is 9.74.